The van der Waals surface area contributed by atoms with Crippen molar-refractivity contribution in [2.45, 2.75) is 49.2 Å². The molecular weight excluding hydrogens is 614 g/mol. The number of methoxy groups -OCH3 is 1. The lowest BCUT2D eigenvalue weighted by molar-refractivity contribution is -0.127. The van der Waals surface area contributed by atoms with E-state index >= 15 is 4.79 Å². The Morgan fingerprint density at radius 1 is 1.16 bits per heavy atom. The molecule has 0 radical (unpaired) electrons. The molecule has 4 aromatic rings. The molecule has 0 spiro atoms. The maximum atomic E-state index is 15.3. The molecule has 2 aliphatic heterocycles. The van der Waals surface area contributed by atoms with Gasteiger partial charge in [-0.2, -0.15) is 5.26 Å². The van der Waals surface area contributed by atoms with Gasteiger partial charge in [0.2, 0.25) is 5.89 Å². The molecule has 2 unspecified atom stereocenters. The summed E-state index contributed by atoms with van der Waals surface area (Å²) < 4.78 is 41.4. The quantitative estimate of drug-likeness (QED) is 0.222. The maximum absolute atomic E-state index is 15.3. The molecule has 6 rings (SSSR count). The van der Waals surface area contributed by atoms with E-state index in [1.807, 2.05) is 29.2 Å². The fraction of sp³-hybridized carbons (Fsp3) is 0.303. The number of amides is 1. The van der Waals surface area contributed by atoms with E-state index in [1.54, 1.807) is 24.4 Å². The predicted octanol–water partition coefficient (Wildman–Crippen LogP) is 5.52. The molecule has 0 bridgehead atoms. The zero-order valence-electron chi connectivity index (χ0n) is 24.9. The zero-order valence-corrected chi connectivity index (χ0v) is 26.4. The molecule has 0 aliphatic carbocycles. The lowest BCUT2D eigenvalue weighted by Gasteiger charge is -2.41. The molecule has 1 aromatic heterocycles. The van der Waals surface area contributed by atoms with E-state index in [0.717, 1.165) is 22.8 Å². The summed E-state index contributed by atoms with van der Waals surface area (Å²) in [6.07, 6.45) is 5.36. The van der Waals surface area contributed by atoms with Crippen molar-refractivity contribution in [2.75, 3.05) is 24.5 Å². The minimum Gasteiger partial charge on any atom is -0.496 e. The first-order chi connectivity index (χ1) is 21.8. The Morgan fingerprint density at radius 2 is 1.96 bits per heavy atom. The van der Waals surface area contributed by atoms with Gasteiger partial charge in [-0.15, -0.1) is 0 Å². The molecule has 10 nitrogen and oxygen atoms in total. The summed E-state index contributed by atoms with van der Waals surface area (Å²) in [5, 5.41) is 13.0. The molecule has 2 aliphatic rings. The summed E-state index contributed by atoms with van der Waals surface area (Å²) in [4.78, 5) is 21.6. The number of ether oxygens (including phenoxy) is 1. The number of halogens is 1. The molecule has 3 heterocycles. The van der Waals surface area contributed by atoms with Crippen LogP contribution in [0.3, 0.4) is 0 Å². The van der Waals surface area contributed by atoms with E-state index in [9.17, 15) is 13.7 Å². The summed E-state index contributed by atoms with van der Waals surface area (Å²) in [6, 6.07) is 17.5. The van der Waals surface area contributed by atoms with Gasteiger partial charge in [0.15, 0.2) is 5.54 Å². The van der Waals surface area contributed by atoms with E-state index in [0.29, 0.717) is 59.3 Å². The Hall–Kier alpha value is -4.21. The summed E-state index contributed by atoms with van der Waals surface area (Å²) in [5.41, 5.74) is 0.647. The number of nitriles is 1. The number of fused-ring (bicyclic) bond motifs is 1. The van der Waals surface area contributed by atoms with Gasteiger partial charge in [0.25, 0.3) is 15.9 Å². The highest BCUT2D eigenvalue weighted by Crippen LogP contribution is 2.56. The Labute approximate surface area is 267 Å². The first-order valence-corrected chi connectivity index (χ1v) is 16.5. The fourth-order valence-electron chi connectivity index (χ4n) is 6.46. The van der Waals surface area contributed by atoms with Gasteiger partial charge in [-0.25, -0.2) is 17.7 Å². The number of oxazole rings is 1. The largest absolute Gasteiger partial charge is 0.496 e. The van der Waals surface area contributed by atoms with Gasteiger partial charge in [-0.3, -0.25) is 9.69 Å². The van der Waals surface area contributed by atoms with E-state index in [4.69, 9.17) is 20.8 Å². The Morgan fingerprint density at radius 3 is 2.64 bits per heavy atom. The van der Waals surface area contributed by atoms with Crippen molar-refractivity contribution >= 4 is 33.2 Å². The normalized spacial score (nSPS) is 19.9. The molecule has 232 valence electrons. The van der Waals surface area contributed by atoms with Crippen LogP contribution in [0.4, 0.5) is 5.69 Å². The van der Waals surface area contributed by atoms with Crippen molar-refractivity contribution in [3.05, 3.63) is 106 Å². The molecule has 1 amide bonds. The van der Waals surface area contributed by atoms with Crippen LogP contribution in [0, 0.1) is 11.3 Å². The average molecular weight is 646 g/mol. The highest BCUT2D eigenvalue weighted by molar-refractivity contribution is 7.93. The van der Waals surface area contributed by atoms with Crippen molar-refractivity contribution in [1.29, 1.82) is 5.26 Å². The van der Waals surface area contributed by atoms with Gasteiger partial charge in [-0.05, 0) is 79.9 Å². The van der Waals surface area contributed by atoms with E-state index in [1.165, 1.54) is 37.6 Å². The highest BCUT2D eigenvalue weighted by atomic mass is 35.5. The number of rotatable bonds is 10. The van der Waals surface area contributed by atoms with Crippen molar-refractivity contribution in [2.24, 2.45) is 0 Å². The summed E-state index contributed by atoms with van der Waals surface area (Å²) in [5.74, 6) is 0.162. The average Bonchev–Trinajstić information content (AvgIpc) is 3.80. The molecule has 45 heavy (non-hydrogen) atoms. The van der Waals surface area contributed by atoms with Crippen LogP contribution < -0.4 is 14.4 Å². The lowest BCUT2D eigenvalue weighted by atomic mass is 9.80. The molecule has 1 N–H and O–H groups in total. The van der Waals surface area contributed by atoms with Crippen LogP contribution in [-0.4, -0.2) is 44.4 Å². The van der Waals surface area contributed by atoms with Crippen LogP contribution in [0.5, 0.6) is 5.75 Å². The van der Waals surface area contributed by atoms with Crippen LogP contribution in [0.2, 0.25) is 5.02 Å². The number of aromatic nitrogens is 1. The first kappa shape index (κ1) is 30.8. The molecule has 2 atom stereocenters. The van der Waals surface area contributed by atoms with Crippen LogP contribution in [-0.2, 0) is 26.9 Å². The molecular formula is C33H32ClN5O5S. The summed E-state index contributed by atoms with van der Waals surface area (Å²) in [6.45, 7) is 3.97. The van der Waals surface area contributed by atoms with Gasteiger partial charge in [-0.1, -0.05) is 30.7 Å². The Bertz CT molecular complexity index is 1870. The van der Waals surface area contributed by atoms with Gasteiger partial charge in [0.1, 0.15) is 12.0 Å². The van der Waals surface area contributed by atoms with E-state index < -0.39 is 27.5 Å². The Balaban J connectivity index is 1.62. The predicted molar refractivity (Wildman–Crippen MR) is 168 cm³/mol. The van der Waals surface area contributed by atoms with Crippen LogP contribution in [0.1, 0.15) is 60.4 Å². The smallest absolute Gasteiger partial charge is 0.271 e. The standard InChI is InChI=1S/C33H32ClN5O5S/c1-3-14-36-21-23-8-12-26(30(18-23)43-2)33(38-16-4-5-29(38)31-37-15-17-44-31)27-19-24(34)9-13-28(27)39(32(33)40)45(41,42)25-10-6-22(20-35)7-11-25/h6-13,15,17-19,29,36H,3-5,14,16,21H2,1-2H3. The number of hydrogen-bond donors (Lipinski definition) is 1. The Kier molecular flexibility index (Phi) is 8.41. The van der Waals surface area contributed by atoms with Gasteiger partial charge in [0.05, 0.1) is 41.6 Å². The number of anilines is 1. The number of sulfonamides is 1. The molecule has 1 saturated heterocycles. The van der Waals surface area contributed by atoms with Crippen molar-refractivity contribution in [3.8, 4) is 11.8 Å². The number of hydrogen-bond acceptors (Lipinski definition) is 9. The molecule has 3 aromatic carbocycles. The number of nitrogens with one attached hydrogen (secondary N) is 1. The third-order valence-electron chi connectivity index (χ3n) is 8.41. The molecule has 12 heteroatoms. The van der Waals surface area contributed by atoms with Gasteiger partial charge < -0.3 is 14.5 Å². The molecule has 1 fully saturated rings. The third kappa shape index (κ3) is 5.08. The second-order valence-electron chi connectivity index (χ2n) is 11.0. The van der Waals surface area contributed by atoms with Crippen LogP contribution in [0.25, 0.3) is 0 Å². The van der Waals surface area contributed by atoms with Crippen LogP contribution >= 0.6 is 11.6 Å². The maximum Gasteiger partial charge on any atom is 0.271 e. The van der Waals surface area contributed by atoms with Crippen molar-refractivity contribution in [3.63, 3.8) is 0 Å². The minimum absolute atomic E-state index is 0.124. The number of nitrogens with zero attached hydrogens (tertiary/aromatic N) is 4. The highest BCUT2D eigenvalue weighted by Gasteiger charge is 2.62. The van der Waals surface area contributed by atoms with E-state index in [-0.39, 0.29) is 10.6 Å². The number of carbonyl (C=O) groups excluding carboxylic acids is 1. The summed E-state index contributed by atoms with van der Waals surface area (Å²) in [7, 11) is -2.91. The van der Waals surface area contributed by atoms with Crippen molar-refractivity contribution in [1.82, 2.24) is 15.2 Å². The monoisotopic (exact) mass is 645 g/mol. The van der Waals surface area contributed by atoms with E-state index in [2.05, 4.69) is 17.2 Å². The number of likely N-dealkylation sites (tertiary alicyclic amines) is 1. The van der Waals surface area contributed by atoms with Crippen LogP contribution in [0.15, 0.2) is 82.4 Å². The SMILES string of the molecule is CCCNCc1ccc(C2(N3CCCC3c3ncco3)C(=O)N(S(=O)(=O)c3ccc(C#N)cc3)c3ccc(Cl)cc32)c(OC)c1. The lowest BCUT2D eigenvalue weighted by Crippen LogP contribution is -2.54. The second-order valence-corrected chi connectivity index (χ2v) is 13.2. The number of benzene rings is 3. The molecule has 0 saturated carbocycles. The summed E-state index contributed by atoms with van der Waals surface area (Å²) >= 11 is 6.61. The number of carbonyl (C=O) groups is 1. The fourth-order valence-corrected chi connectivity index (χ4v) is 8.09. The topological polar surface area (TPSA) is 129 Å². The minimum atomic E-state index is -4.45. The zero-order chi connectivity index (χ0) is 31.8. The van der Waals surface area contributed by atoms with Crippen molar-refractivity contribution < 1.29 is 22.4 Å². The first-order valence-electron chi connectivity index (χ1n) is 14.7. The van der Waals surface area contributed by atoms with Gasteiger partial charge in [0, 0.05) is 29.2 Å². The third-order valence-corrected chi connectivity index (χ3v) is 10.4. The second kappa shape index (κ2) is 12.3. The van der Waals surface area contributed by atoms with Gasteiger partial charge >= 0.3 is 0 Å².